The summed E-state index contributed by atoms with van der Waals surface area (Å²) in [6.07, 6.45) is 2.68. The third-order valence-corrected chi connectivity index (χ3v) is 3.49. The number of methoxy groups -OCH3 is 1. The summed E-state index contributed by atoms with van der Waals surface area (Å²) in [6.45, 7) is 5.06. The number of hydrogen-bond acceptors (Lipinski definition) is 2. The summed E-state index contributed by atoms with van der Waals surface area (Å²) >= 11 is 5.81. The van der Waals surface area contributed by atoms with E-state index in [9.17, 15) is 4.39 Å². The molecule has 0 fully saturated rings. The highest BCUT2D eigenvalue weighted by Crippen LogP contribution is 2.20. The average molecular weight is 288 g/mol. The molecule has 0 heterocycles. The number of ether oxygens (including phenoxy) is 1. The van der Waals surface area contributed by atoms with E-state index in [1.54, 1.807) is 25.3 Å². The third-order valence-electron chi connectivity index (χ3n) is 3.20. The Morgan fingerprint density at radius 2 is 2.16 bits per heavy atom. The topological polar surface area (TPSA) is 21.3 Å². The van der Waals surface area contributed by atoms with E-state index in [0.29, 0.717) is 12.0 Å². The van der Waals surface area contributed by atoms with Gasteiger partial charge in [0.25, 0.3) is 0 Å². The molecule has 108 valence electrons. The predicted molar refractivity (Wildman–Crippen MR) is 78.3 cm³/mol. The lowest BCUT2D eigenvalue weighted by Crippen LogP contribution is -2.35. The smallest absolute Gasteiger partial charge is 0.145 e. The molecule has 0 amide bonds. The zero-order valence-electron chi connectivity index (χ0n) is 11.9. The van der Waals surface area contributed by atoms with E-state index in [2.05, 4.69) is 12.2 Å². The van der Waals surface area contributed by atoms with Gasteiger partial charge in [0.1, 0.15) is 5.82 Å². The minimum absolute atomic E-state index is 0.150. The summed E-state index contributed by atoms with van der Waals surface area (Å²) < 4.78 is 19.2. The second kappa shape index (κ2) is 8.51. The molecule has 0 bridgehead atoms. The second-order valence-corrected chi connectivity index (χ2v) is 5.26. The van der Waals surface area contributed by atoms with Gasteiger partial charge < -0.3 is 10.1 Å². The van der Waals surface area contributed by atoms with Crippen molar-refractivity contribution in [3.05, 3.63) is 34.6 Å². The monoisotopic (exact) mass is 287 g/mol. The first kappa shape index (κ1) is 16.4. The van der Waals surface area contributed by atoms with E-state index in [-0.39, 0.29) is 23.0 Å². The summed E-state index contributed by atoms with van der Waals surface area (Å²) in [7, 11) is 1.70. The van der Waals surface area contributed by atoms with Crippen LogP contribution in [0.4, 0.5) is 4.39 Å². The summed E-state index contributed by atoms with van der Waals surface area (Å²) in [5.74, 6) is -0.308. The van der Waals surface area contributed by atoms with Crippen LogP contribution in [0.15, 0.2) is 18.2 Å². The standard InChI is InChI=1S/C15H23ClFNO/c1-4-8-18-13(9-11(2)19-3)10-12-6-5-7-14(16)15(12)17/h5-7,11,13,18H,4,8-10H2,1-3H3. The van der Waals surface area contributed by atoms with E-state index in [1.165, 1.54) is 0 Å². The Morgan fingerprint density at radius 3 is 2.79 bits per heavy atom. The maximum absolute atomic E-state index is 13.9. The van der Waals surface area contributed by atoms with Crippen LogP contribution in [0.3, 0.4) is 0 Å². The molecular formula is C15H23ClFNO. The molecule has 0 saturated carbocycles. The van der Waals surface area contributed by atoms with Crippen molar-refractivity contribution in [2.45, 2.75) is 45.3 Å². The lowest BCUT2D eigenvalue weighted by molar-refractivity contribution is 0.100. The Bertz CT molecular complexity index is 386. The molecule has 1 N–H and O–H groups in total. The van der Waals surface area contributed by atoms with E-state index >= 15 is 0 Å². The molecule has 0 aromatic heterocycles. The molecule has 0 aliphatic heterocycles. The van der Waals surface area contributed by atoms with Crippen LogP contribution in [-0.2, 0) is 11.2 Å². The Morgan fingerprint density at radius 1 is 1.42 bits per heavy atom. The second-order valence-electron chi connectivity index (χ2n) is 4.85. The normalized spacial score (nSPS) is 14.4. The van der Waals surface area contributed by atoms with Crippen molar-refractivity contribution < 1.29 is 9.13 Å². The maximum Gasteiger partial charge on any atom is 0.145 e. The van der Waals surface area contributed by atoms with Crippen LogP contribution in [0.2, 0.25) is 5.02 Å². The third kappa shape index (κ3) is 5.47. The van der Waals surface area contributed by atoms with Gasteiger partial charge in [-0.1, -0.05) is 30.7 Å². The quantitative estimate of drug-likeness (QED) is 0.785. The zero-order chi connectivity index (χ0) is 14.3. The lowest BCUT2D eigenvalue weighted by Gasteiger charge is -2.22. The molecule has 0 spiro atoms. The van der Waals surface area contributed by atoms with Gasteiger partial charge in [0.2, 0.25) is 0 Å². The van der Waals surface area contributed by atoms with Crippen molar-refractivity contribution in [3.8, 4) is 0 Å². The van der Waals surface area contributed by atoms with Gasteiger partial charge in [-0.15, -0.1) is 0 Å². The van der Waals surface area contributed by atoms with Gasteiger partial charge >= 0.3 is 0 Å². The minimum Gasteiger partial charge on any atom is -0.382 e. The number of hydrogen-bond donors (Lipinski definition) is 1. The first-order chi connectivity index (χ1) is 9.08. The Hall–Kier alpha value is -0.640. The van der Waals surface area contributed by atoms with Crippen molar-refractivity contribution in [1.82, 2.24) is 5.32 Å². The molecule has 0 aliphatic carbocycles. The number of rotatable bonds is 8. The fraction of sp³-hybridized carbons (Fsp3) is 0.600. The molecule has 1 aromatic rings. The zero-order valence-corrected chi connectivity index (χ0v) is 12.6. The van der Waals surface area contributed by atoms with Gasteiger partial charge in [-0.2, -0.15) is 0 Å². The number of nitrogens with one attached hydrogen (secondary N) is 1. The molecule has 2 nitrogen and oxygen atoms in total. The summed E-state index contributed by atoms with van der Waals surface area (Å²) in [4.78, 5) is 0. The van der Waals surface area contributed by atoms with Gasteiger partial charge in [0.15, 0.2) is 0 Å². The van der Waals surface area contributed by atoms with E-state index in [1.807, 2.05) is 6.92 Å². The van der Waals surface area contributed by atoms with Gasteiger partial charge in [-0.3, -0.25) is 0 Å². The Kier molecular flexibility index (Phi) is 7.36. The molecule has 2 unspecified atom stereocenters. The SMILES string of the molecule is CCCNC(Cc1cccc(Cl)c1F)CC(C)OC. The van der Waals surface area contributed by atoms with Crippen LogP contribution in [-0.4, -0.2) is 25.8 Å². The first-order valence-corrected chi connectivity index (χ1v) is 7.15. The van der Waals surface area contributed by atoms with Crippen molar-refractivity contribution in [2.75, 3.05) is 13.7 Å². The summed E-state index contributed by atoms with van der Waals surface area (Å²) in [5, 5.41) is 3.63. The highest BCUT2D eigenvalue weighted by atomic mass is 35.5. The average Bonchev–Trinajstić information content (AvgIpc) is 2.41. The van der Waals surface area contributed by atoms with Crippen LogP contribution >= 0.6 is 11.6 Å². The highest BCUT2D eigenvalue weighted by molar-refractivity contribution is 6.30. The molecule has 2 atom stereocenters. The summed E-state index contributed by atoms with van der Waals surface area (Å²) in [5.41, 5.74) is 0.657. The van der Waals surface area contributed by atoms with Gasteiger partial charge in [0.05, 0.1) is 11.1 Å². The molecular weight excluding hydrogens is 265 g/mol. The molecule has 0 saturated heterocycles. The summed E-state index contributed by atoms with van der Waals surface area (Å²) in [6, 6.07) is 5.35. The highest BCUT2D eigenvalue weighted by Gasteiger charge is 2.16. The fourth-order valence-electron chi connectivity index (χ4n) is 2.06. The van der Waals surface area contributed by atoms with Crippen molar-refractivity contribution in [1.29, 1.82) is 0 Å². The van der Waals surface area contributed by atoms with Crippen LogP contribution in [0, 0.1) is 5.82 Å². The van der Waals surface area contributed by atoms with Gasteiger partial charge in [-0.05, 0) is 44.4 Å². The van der Waals surface area contributed by atoms with Gasteiger partial charge in [0, 0.05) is 13.2 Å². The Balaban J connectivity index is 2.72. The predicted octanol–water partition coefficient (Wildman–Crippen LogP) is 3.81. The molecule has 0 radical (unpaired) electrons. The number of benzene rings is 1. The maximum atomic E-state index is 13.9. The molecule has 1 rings (SSSR count). The lowest BCUT2D eigenvalue weighted by atomic mass is 10.0. The molecule has 4 heteroatoms. The van der Waals surface area contributed by atoms with Crippen LogP contribution in [0.1, 0.15) is 32.3 Å². The van der Waals surface area contributed by atoms with E-state index in [4.69, 9.17) is 16.3 Å². The largest absolute Gasteiger partial charge is 0.382 e. The fourth-order valence-corrected chi connectivity index (χ4v) is 2.25. The van der Waals surface area contributed by atoms with Crippen molar-refractivity contribution in [2.24, 2.45) is 0 Å². The molecule has 0 aliphatic rings. The van der Waals surface area contributed by atoms with E-state index in [0.717, 1.165) is 19.4 Å². The Labute approximate surface area is 120 Å². The minimum atomic E-state index is -0.308. The molecule has 1 aromatic carbocycles. The number of halogens is 2. The molecule has 19 heavy (non-hydrogen) atoms. The van der Waals surface area contributed by atoms with Crippen LogP contribution in [0.5, 0.6) is 0 Å². The first-order valence-electron chi connectivity index (χ1n) is 6.77. The van der Waals surface area contributed by atoms with Crippen LogP contribution < -0.4 is 5.32 Å². The van der Waals surface area contributed by atoms with Crippen molar-refractivity contribution >= 4 is 11.6 Å². The van der Waals surface area contributed by atoms with Gasteiger partial charge in [-0.25, -0.2) is 4.39 Å². The van der Waals surface area contributed by atoms with Crippen molar-refractivity contribution in [3.63, 3.8) is 0 Å². The van der Waals surface area contributed by atoms with E-state index < -0.39 is 0 Å². The van der Waals surface area contributed by atoms with Crippen LogP contribution in [0.25, 0.3) is 0 Å².